The summed E-state index contributed by atoms with van der Waals surface area (Å²) in [6, 6.07) is 1.65. The van der Waals surface area contributed by atoms with Crippen molar-refractivity contribution in [2.24, 2.45) is 16.7 Å². The Kier molecular flexibility index (Phi) is 2.41. The molecule has 1 heteroatoms. The van der Waals surface area contributed by atoms with Crippen molar-refractivity contribution < 1.29 is 0 Å². The van der Waals surface area contributed by atoms with Crippen LogP contribution < -0.4 is 5.32 Å². The van der Waals surface area contributed by atoms with Crippen LogP contribution in [-0.4, -0.2) is 12.1 Å². The van der Waals surface area contributed by atoms with Crippen LogP contribution in [0.3, 0.4) is 0 Å². The van der Waals surface area contributed by atoms with E-state index in [1.807, 2.05) is 0 Å². The highest BCUT2D eigenvalue weighted by atomic mass is 15.0. The lowest BCUT2D eigenvalue weighted by Gasteiger charge is -2.40. The lowest BCUT2D eigenvalue weighted by Crippen LogP contribution is -2.47. The maximum Gasteiger partial charge on any atom is 0.0131 e. The topological polar surface area (TPSA) is 12.0 Å². The highest BCUT2D eigenvalue weighted by molar-refractivity contribution is 5.13. The number of hydrogen-bond donors (Lipinski definition) is 1. The zero-order valence-corrected chi connectivity index (χ0v) is 11.2. The minimum absolute atomic E-state index is 0.570. The van der Waals surface area contributed by atoms with Gasteiger partial charge in [0.25, 0.3) is 0 Å². The van der Waals surface area contributed by atoms with Crippen molar-refractivity contribution >= 4 is 0 Å². The first-order chi connectivity index (χ1) is 7.54. The van der Waals surface area contributed by atoms with E-state index in [9.17, 15) is 0 Å². The van der Waals surface area contributed by atoms with Gasteiger partial charge in [-0.05, 0) is 48.9 Å². The molecule has 92 valence electrons. The summed E-state index contributed by atoms with van der Waals surface area (Å²) in [5, 5.41) is 4.01. The predicted molar refractivity (Wildman–Crippen MR) is 68.4 cm³/mol. The van der Waals surface area contributed by atoms with Crippen molar-refractivity contribution in [3.05, 3.63) is 0 Å². The molecular weight excluding hydrogens is 194 g/mol. The molecule has 3 fully saturated rings. The molecule has 2 bridgehead atoms. The average Bonchev–Trinajstić information content (AvgIpc) is 2.84. The highest BCUT2D eigenvalue weighted by Crippen LogP contribution is 2.65. The molecule has 0 aliphatic heterocycles. The van der Waals surface area contributed by atoms with E-state index in [-0.39, 0.29) is 0 Å². The normalized spacial score (nSPS) is 46.7. The Bertz CT molecular complexity index is 277. The first-order valence-electron chi connectivity index (χ1n) is 7.30. The fourth-order valence-corrected chi connectivity index (χ4v) is 4.83. The van der Waals surface area contributed by atoms with E-state index < -0.39 is 0 Å². The molecule has 16 heavy (non-hydrogen) atoms. The summed E-state index contributed by atoms with van der Waals surface area (Å²) >= 11 is 0. The quantitative estimate of drug-likeness (QED) is 0.749. The maximum atomic E-state index is 4.01. The second kappa shape index (κ2) is 3.48. The van der Waals surface area contributed by atoms with E-state index in [0.29, 0.717) is 10.8 Å². The van der Waals surface area contributed by atoms with Gasteiger partial charge >= 0.3 is 0 Å². The van der Waals surface area contributed by atoms with Crippen molar-refractivity contribution in [1.82, 2.24) is 5.32 Å². The summed E-state index contributed by atoms with van der Waals surface area (Å²) in [7, 11) is 0. The summed E-state index contributed by atoms with van der Waals surface area (Å²) in [5.41, 5.74) is 1.14. The monoisotopic (exact) mass is 221 g/mol. The Morgan fingerprint density at radius 3 is 2.19 bits per heavy atom. The Morgan fingerprint density at radius 2 is 1.69 bits per heavy atom. The maximum absolute atomic E-state index is 4.01. The van der Waals surface area contributed by atoms with Crippen LogP contribution in [0.4, 0.5) is 0 Å². The minimum Gasteiger partial charge on any atom is -0.311 e. The summed E-state index contributed by atoms with van der Waals surface area (Å²) in [4.78, 5) is 0. The van der Waals surface area contributed by atoms with E-state index in [4.69, 9.17) is 0 Å². The molecule has 1 N–H and O–H groups in total. The Balaban J connectivity index is 1.74. The van der Waals surface area contributed by atoms with Gasteiger partial charge in [-0.15, -0.1) is 0 Å². The third kappa shape index (κ3) is 1.33. The second-order valence-corrected chi connectivity index (χ2v) is 7.31. The van der Waals surface area contributed by atoms with Crippen molar-refractivity contribution in [3.63, 3.8) is 0 Å². The van der Waals surface area contributed by atoms with Gasteiger partial charge in [-0.3, -0.25) is 0 Å². The van der Waals surface area contributed by atoms with Crippen LogP contribution >= 0.6 is 0 Å². The first kappa shape index (κ1) is 11.1. The van der Waals surface area contributed by atoms with Gasteiger partial charge in [-0.1, -0.05) is 33.6 Å². The van der Waals surface area contributed by atoms with Crippen LogP contribution in [0.15, 0.2) is 0 Å². The van der Waals surface area contributed by atoms with Gasteiger partial charge in [0.1, 0.15) is 0 Å². The smallest absolute Gasteiger partial charge is 0.0131 e. The van der Waals surface area contributed by atoms with E-state index in [1.54, 1.807) is 0 Å². The zero-order valence-electron chi connectivity index (χ0n) is 11.2. The van der Waals surface area contributed by atoms with Crippen molar-refractivity contribution in [2.45, 2.75) is 77.8 Å². The molecule has 3 atom stereocenters. The summed E-state index contributed by atoms with van der Waals surface area (Å²) < 4.78 is 0. The van der Waals surface area contributed by atoms with E-state index >= 15 is 0 Å². The number of hydrogen-bond acceptors (Lipinski definition) is 1. The number of nitrogens with one attached hydrogen (secondary N) is 1. The third-order valence-electron chi connectivity index (χ3n) is 6.59. The SMILES string of the molecule is CC1(C)C2CCC1(C)C(NC1CCCC1)C2. The van der Waals surface area contributed by atoms with Crippen molar-refractivity contribution in [3.8, 4) is 0 Å². The molecule has 3 saturated carbocycles. The minimum atomic E-state index is 0.570. The lowest BCUT2D eigenvalue weighted by atomic mass is 9.69. The largest absolute Gasteiger partial charge is 0.311 e. The zero-order chi connectivity index (χ0) is 11.4. The molecule has 0 saturated heterocycles. The molecule has 0 aromatic carbocycles. The number of rotatable bonds is 2. The van der Waals surface area contributed by atoms with Gasteiger partial charge in [0.15, 0.2) is 0 Å². The van der Waals surface area contributed by atoms with Crippen molar-refractivity contribution in [2.75, 3.05) is 0 Å². The summed E-state index contributed by atoms with van der Waals surface area (Å²) in [6.45, 7) is 7.58. The van der Waals surface area contributed by atoms with E-state index in [1.165, 1.54) is 44.9 Å². The van der Waals surface area contributed by atoms with E-state index in [2.05, 4.69) is 26.1 Å². The van der Waals surface area contributed by atoms with Gasteiger partial charge < -0.3 is 5.32 Å². The van der Waals surface area contributed by atoms with Crippen LogP contribution in [0.2, 0.25) is 0 Å². The van der Waals surface area contributed by atoms with Gasteiger partial charge in [-0.2, -0.15) is 0 Å². The molecule has 3 unspecified atom stereocenters. The van der Waals surface area contributed by atoms with Crippen LogP contribution in [0.1, 0.15) is 65.7 Å². The van der Waals surface area contributed by atoms with Gasteiger partial charge in [0.05, 0.1) is 0 Å². The molecule has 3 aliphatic rings. The van der Waals surface area contributed by atoms with E-state index in [0.717, 1.165) is 18.0 Å². The fourth-order valence-electron chi connectivity index (χ4n) is 4.83. The number of fused-ring (bicyclic) bond motifs is 2. The van der Waals surface area contributed by atoms with Crippen LogP contribution in [0.25, 0.3) is 0 Å². The molecule has 0 spiro atoms. The van der Waals surface area contributed by atoms with Gasteiger partial charge in [0, 0.05) is 12.1 Å². The third-order valence-corrected chi connectivity index (χ3v) is 6.59. The predicted octanol–water partition coefficient (Wildman–Crippen LogP) is 3.73. The summed E-state index contributed by atoms with van der Waals surface area (Å²) in [6.07, 6.45) is 10.1. The Labute approximate surface area is 100 Å². The standard InChI is InChI=1S/C15H27N/c1-14(2)11-8-9-15(14,3)13(10-11)16-12-6-4-5-7-12/h11-13,16H,4-10H2,1-3H3. The molecule has 0 aromatic rings. The molecule has 0 amide bonds. The van der Waals surface area contributed by atoms with Gasteiger partial charge in [-0.25, -0.2) is 0 Å². The molecule has 0 aromatic heterocycles. The van der Waals surface area contributed by atoms with Crippen LogP contribution in [0, 0.1) is 16.7 Å². The molecule has 1 nitrogen and oxygen atoms in total. The average molecular weight is 221 g/mol. The molecule has 3 rings (SSSR count). The van der Waals surface area contributed by atoms with Crippen LogP contribution in [-0.2, 0) is 0 Å². The fraction of sp³-hybridized carbons (Fsp3) is 1.00. The molecule has 0 heterocycles. The van der Waals surface area contributed by atoms with Gasteiger partial charge in [0.2, 0.25) is 0 Å². The van der Waals surface area contributed by atoms with Crippen molar-refractivity contribution in [1.29, 1.82) is 0 Å². The Hall–Kier alpha value is -0.0400. The highest BCUT2D eigenvalue weighted by Gasteiger charge is 2.61. The molecule has 3 aliphatic carbocycles. The Morgan fingerprint density at radius 1 is 1.00 bits per heavy atom. The first-order valence-corrected chi connectivity index (χ1v) is 7.30. The van der Waals surface area contributed by atoms with Crippen LogP contribution in [0.5, 0.6) is 0 Å². The lowest BCUT2D eigenvalue weighted by molar-refractivity contribution is 0.115. The molecular formula is C15H27N. The summed E-state index contributed by atoms with van der Waals surface area (Å²) in [5.74, 6) is 0.983. The molecule has 0 radical (unpaired) electrons. The second-order valence-electron chi connectivity index (χ2n) is 7.31.